The van der Waals surface area contributed by atoms with Crippen molar-refractivity contribution in [2.24, 2.45) is 50.2 Å². The first-order valence-corrected chi connectivity index (χ1v) is 20.5. The zero-order valence-electron chi connectivity index (χ0n) is 33.7. The molecule has 0 radical (unpaired) electrons. The molecular weight excluding hydrogens is 712 g/mol. The molecule has 6 fully saturated rings. The van der Waals surface area contributed by atoms with E-state index in [0.29, 0.717) is 12.8 Å². The average Bonchev–Trinajstić information content (AvgIpc) is 3.32. The maximum absolute atomic E-state index is 14.5. The predicted octanol–water partition coefficient (Wildman–Crippen LogP) is 9.00. The van der Waals surface area contributed by atoms with Gasteiger partial charge in [0.2, 0.25) is 0 Å². The third kappa shape index (κ3) is 5.01. The molecule has 2 bridgehead atoms. The van der Waals surface area contributed by atoms with Crippen LogP contribution in [0.2, 0.25) is 0 Å². The minimum absolute atomic E-state index is 0.0176. The molecule has 1 saturated heterocycles. The fourth-order valence-corrected chi connectivity index (χ4v) is 14.2. The normalized spacial score (nSPS) is 40.1. The smallest absolute Gasteiger partial charge is 0.339 e. The van der Waals surface area contributed by atoms with E-state index in [0.717, 1.165) is 51.4 Å². The number of fused-ring (bicyclic) bond motifs is 4. The van der Waals surface area contributed by atoms with E-state index in [1.54, 1.807) is 24.3 Å². The van der Waals surface area contributed by atoms with Crippen molar-refractivity contribution in [3.05, 3.63) is 70.8 Å². The van der Waals surface area contributed by atoms with Crippen molar-refractivity contribution in [3.8, 4) is 0 Å². The Bertz CT molecular complexity index is 2030. The van der Waals surface area contributed by atoms with Crippen LogP contribution in [0, 0.1) is 50.2 Å². The Morgan fingerprint density at radius 2 is 1.18 bits per heavy atom. The van der Waals surface area contributed by atoms with Crippen LogP contribution in [0.1, 0.15) is 154 Å². The molecule has 0 amide bonds. The SMILES string of the molecule is CC1(C)CC[C@@]23CC[C@]4(C)[C@](OC2=O)([C@@H](OC(=O)c2ccccc2C(=O)O)CC2[C@@]5(C)CCC(OC(=O)c6ccccc6C(=O)O)C(C)(C)[C@@H]5CC[C@]24C)[C@@H]3C1. The Labute approximate surface area is 329 Å². The molecule has 1 aliphatic heterocycles. The number of rotatable bonds is 6. The number of benzene rings is 2. The molecule has 1 heterocycles. The molecular formula is C46H56O10. The largest absolute Gasteiger partial charge is 0.478 e. The molecule has 2 aromatic carbocycles. The lowest BCUT2D eigenvalue weighted by Gasteiger charge is -2.74. The Morgan fingerprint density at radius 3 is 1.75 bits per heavy atom. The number of carbonyl (C=O) groups excluding carboxylic acids is 3. The van der Waals surface area contributed by atoms with Crippen LogP contribution in [0.3, 0.4) is 0 Å². The number of esters is 3. The quantitative estimate of drug-likeness (QED) is 0.215. The summed E-state index contributed by atoms with van der Waals surface area (Å²) < 4.78 is 19.9. The van der Waals surface area contributed by atoms with Gasteiger partial charge in [-0.2, -0.15) is 0 Å². The number of hydrogen-bond acceptors (Lipinski definition) is 8. The summed E-state index contributed by atoms with van der Waals surface area (Å²) in [5.41, 5.74) is -3.69. The average molecular weight is 769 g/mol. The highest BCUT2D eigenvalue weighted by Gasteiger charge is 2.84. The van der Waals surface area contributed by atoms with Crippen molar-refractivity contribution in [1.82, 2.24) is 0 Å². The number of ether oxygens (including phenoxy) is 3. The maximum atomic E-state index is 14.5. The lowest BCUT2D eigenvalue weighted by atomic mass is 9.30. The molecule has 5 aliphatic carbocycles. The van der Waals surface area contributed by atoms with Crippen molar-refractivity contribution in [2.45, 2.75) is 130 Å². The van der Waals surface area contributed by atoms with Gasteiger partial charge in [0.25, 0.3) is 0 Å². The number of hydrogen-bond donors (Lipinski definition) is 2. The fraction of sp³-hybridized carbons (Fsp3) is 0.630. The first-order valence-electron chi connectivity index (χ1n) is 20.5. The van der Waals surface area contributed by atoms with Gasteiger partial charge in [0.1, 0.15) is 12.2 Å². The lowest BCUT2D eigenvalue weighted by molar-refractivity contribution is -0.316. The van der Waals surface area contributed by atoms with E-state index in [1.807, 2.05) is 0 Å². The van der Waals surface area contributed by atoms with E-state index < -0.39 is 57.9 Å². The molecule has 2 unspecified atom stereocenters. The topological polar surface area (TPSA) is 154 Å². The molecule has 8 rings (SSSR count). The predicted molar refractivity (Wildman–Crippen MR) is 205 cm³/mol. The molecule has 2 N–H and O–H groups in total. The summed E-state index contributed by atoms with van der Waals surface area (Å²) in [5.74, 6) is -4.00. The van der Waals surface area contributed by atoms with Crippen LogP contribution >= 0.6 is 0 Å². The van der Waals surface area contributed by atoms with Gasteiger partial charge in [-0.05, 0) is 117 Å². The molecule has 0 aromatic heterocycles. The molecule has 56 heavy (non-hydrogen) atoms. The highest BCUT2D eigenvalue weighted by atomic mass is 16.6. The summed E-state index contributed by atoms with van der Waals surface area (Å²) in [4.78, 5) is 66.7. The molecule has 10 nitrogen and oxygen atoms in total. The van der Waals surface area contributed by atoms with E-state index in [1.165, 1.54) is 24.3 Å². The Kier molecular flexibility index (Phi) is 8.56. The number of aromatic carboxylic acids is 2. The van der Waals surface area contributed by atoms with Crippen molar-refractivity contribution >= 4 is 29.8 Å². The van der Waals surface area contributed by atoms with Crippen molar-refractivity contribution < 1.29 is 48.4 Å². The highest BCUT2D eigenvalue weighted by molar-refractivity contribution is 6.03. The lowest BCUT2D eigenvalue weighted by Crippen LogP contribution is -2.76. The fourth-order valence-electron chi connectivity index (χ4n) is 14.2. The van der Waals surface area contributed by atoms with Crippen molar-refractivity contribution in [3.63, 3.8) is 0 Å². The van der Waals surface area contributed by atoms with Crippen LogP contribution in [0.4, 0.5) is 0 Å². The third-order valence-electron chi connectivity index (χ3n) is 17.2. The Hall–Kier alpha value is -4.21. The van der Waals surface area contributed by atoms with Gasteiger partial charge in [-0.25, -0.2) is 19.2 Å². The summed E-state index contributed by atoms with van der Waals surface area (Å²) in [6, 6.07) is 12.3. The summed E-state index contributed by atoms with van der Waals surface area (Å²) in [7, 11) is 0. The highest BCUT2D eigenvalue weighted by Crippen LogP contribution is 2.81. The van der Waals surface area contributed by atoms with Crippen LogP contribution in [0.15, 0.2) is 48.5 Å². The van der Waals surface area contributed by atoms with Gasteiger partial charge >= 0.3 is 29.8 Å². The summed E-state index contributed by atoms with van der Waals surface area (Å²) in [6.07, 6.45) is 6.04. The van der Waals surface area contributed by atoms with Crippen LogP contribution < -0.4 is 0 Å². The Balaban J connectivity index is 1.20. The Morgan fingerprint density at radius 1 is 0.643 bits per heavy atom. The molecule has 1 spiro atoms. The second-order valence-corrected chi connectivity index (χ2v) is 20.2. The van der Waals surface area contributed by atoms with Gasteiger partial charge in [0.05, 0.1) is 27.7 Å². The van der Waals surface area contributed by atoms with Crippen LogP contribution in [0.5, 0.6) is 0 Å². The zero-order valence-corrected chi connectivity index (χ0v) is 33.7. The second-order valence-electron chi connectivity index (χ2n) is 20.2. The van der Waals surface area contributed by atoms with E-state index in [9.17, 15) is 34.2 Å². The molecule has 5 saturated carbocycles. The van der Waals surface area contributed by atoms with Gasteiger partial charge in [-0.1, -0.05) is 72.7 Å². The van der Waals surface area contributed by atoms with Gasteiger partial charge in [0.15, 0.2) is 5.60 Å². The minimum atomic E-state index is -1.22. The van der Waals surface area contributed by atoms with Crippen LogP contribution in [-0.2, 0) is 19.0 Å². The second kappa shape index (κ2) is 12.4. The van der Waals surface area contributed by atoms with Gasteiger partial charge in [-0.3, -0.25) is 4.79 Å². The third-order valence-corrected chi connectivity index (χ3v) is 17.2. The van der Waals surface area contributed by atoms with E-state index in [-0.39, 0.29) is 62.2 Å². The molecule has 10 heteroatoms. The number of carboxylic acid groups (broad SMARTS) is 2. The van der Waals surface area contributed by atoms with Gasteiger partial charge in [-0.15, -0.1) is 0 Å². The van der Waals surface area contributed by atoms with Crippen molar-refractivity contribution in [2.75, 3.05) is 0 Å². The van der Waals surface area contributed by atoms with Gasteiger partial charge in [0, 0.05) is 16.7 Å². The summed E-state index contributed by atoms with van der Waals surface area (Å²) in [6.45, 7) is 15.8. The van der Waals surface area contributed by atoms with E-state index in [4.69, 9.17) is 14.2 Å². The standard InChI is InChI=1S/C46H56O10/c1-40(2)20-22-45-23-21-44(7)43(6)19-16-30-41(3,4)33(54-37(51)28-14-10-8-12-26(28)35(47)48)17-18-42(30,5)31(43)24-34(46(44,32(45)25-40)56-39(45)53)55-38(52)29-15-11-9-13-27(29)36(49)50/h8-15,30-34H,16-25H2,1-7H3,(H,47,48)(H,49,50)/t30-,31?,32+,33?,34-,42-,43+,44-,45-,46+/m0/s1. The number of carbonyl (C=O) groups is 5. The summed E-state index contributed by atoms with van der Waals surface area (Å²) >= 11 is 0. The molecule has 300 valence electrons. The molecule has 10 atom stereocenters. The molecule has 2 aromatic rings. The maximum Gasteiger partial charge on any atom is 0.339 e. The van der Waals surface area contributed by atoms with Crippen LogP contribution in [0.25, 0.3) is 0 Å². The van der Waals surface area contributed by atoms with Crippen LogP contribution in [-0.4, -0.2) is 57.9 Å². The van der Waals surface area contributed by atoms with E-state index >= 15 is 0 Å². The molecule has 6 aliphatic rings. The summed E-state index contributed by atoms with van der Waals surface area (Å²) in [5, 5.41) is 19.8. The zero-order chi connectivity index (χ0) is 40.4. The number of carboxylic acids is 2. The first-order chi connectivity index (χ1) is 26.2. The first kappa shape index (κ1) is 38.7. The van der Waals surface area contributed by atoms with E-state index in [2.05, 4.69) is 48.5 Å². The minimum Gasteiger partial charge on any atom is -0.478 e. The monoisotopic (exact) mass is 768 g/mol. The van der Waals surface area contributed by atoms with Gasteiger partial charge < -0.3 is 24.4 Å². The van der Waals surface area contributed by atoms with Crippen molar-refractivity contribution in [1.29, 1.82) is 0 Å².